The van der Waals surface area contributed by atoms with Crippen LogP contribution in [0, 0.1) is 6.92 Å². The number of carbonyl (C=O) groups excluding carboxylic acids is 2. The number of thioether (sulfide) groups is 1. The van der Waals surface area contributed by atoms with E-state index in [1.165, 1.54) is 11.8 Å². The van der Waals surface area contributed by atoms with Crippen molar-refractivity contribution in [1.82, 2.24) is 5.16 Å². The number of primary amides is 1. The van der Waals surface area contributed by atoms with Gasteiger partial charge in [0.15, 0.2) is 0 Å². The Morgan fingerprint density at radius 1 is 1.36 bits per heavy atom. The standard InChI is InChI=1S/C15H17N3O3S/c1-3-10-14(9(2)21-18-10)15(20)17-11-6-4-5-7-12(11)22-8-13(16)19/h4-7H,3,8H2,1-2H3,(H2,16,19)(H,17,20). The molecule has 1 aromatic carbocycles. The summed E-state index contributed by atoms with van der Waals surface area (Å²) in [7, 11) is 0. The number of carbonyl (C=O) groups is 2. The molecule has 7 heteroatoms. The lowest BCUT2D eigenvalue weighted by Crippen LogP contribution is -2.16. The van der Waals surface area contributed by atoms with E-state index in [1.807, 2.05) is 25.1 Å². The highest BCUT2D eigenvalue weighted by molar-refractivity contribution is 8.00. The first-order valence-electron chi connectivity index (χ1n) is 6.79. The third-order valence-corrected chi connectivity index (χ3v) is 4.10. The second-order valence-electron chi connectivity index (χ2n) is 4.62. The number of benzene rings is 1. The summed E-state index contributed by atoms with van der Waals surface area (Å²) in [6, 6.07) is 7.24. The quantitative estimate of drug-likeness (QED) is 0.797. The zero-order chi connectivity index (χ0) is 16.1. The molecule has 0 aliphatic carbocycles. The van der Waals surface area contributed by atoms with E-state index >= 15 is 0 Å². The average molecular weight is 319 g/mol. The predicted molar refractivity (Wildman–Crippen MR) is 84.9 cm³/mol. The van der Waals surface area contributed by atoms with Gasteiger partial charge in [0.25, 0.3) is 5.91 Å². The molecule has 1 aromatic heterocycles. The fraction of sp³-hybridized carbons (Fsp3) is 0.267. The first-order valence-corrected chi connectivity index (χ1v) is 7.78. The zero-order valence-corrected chi connectivity index (χ0v) is 13.2. The fourth-order valence-corrected chi connectivity index (χ4v) is 2.73. The molecule has 0 fully saturated rings. The first-order chi connectivity index (χ1) is 10.5. The minimum Gasteiger partial charge on any atom is -0.369 e. The van der Waals surface area contributed by atoms with Crippen LogP contribution in [-0.2, 0) is 11.2 Å². The summed E-state index contributed by atoms with van der Waals surface area (Å²) in [4.78, 5) is 24.1. The zero-order valence-electron chi connectivity index (χ0n) is 12.4. The Labute approximate surface area is 132 Å². The third kappa shape index (κ3) is 3.67. The van der Waals surface area contributed by atoms with Crippen LogP contribution in [0.25, 0.3) is 0 Å². The number of para-hydroxylation sites is 1. The molecule has 0 unspecified atom stereocenters. The largest absolute Gasteiger partial charge is 0.369 e. The van der Waals surface area contributed by atoms with Gasteiger partial charge in [-0.25, -0.2) is 0 Å². The minimum absolute atomic E-state index is 0.152. The number of aryl methyl sites for hydroxylation is 2. The van der Waals surface area contributed by atoms with Gasteiger partial charge in [0.05, 0.1) is 17.1 Å². The molecule has 2 rings (SSSR count). The molecule has 2 aromatic rings. The summed E-state index contributed by atoms with van der Waals surface area (Å²) >= 11 is 1.28. The van der Waals surface area contributed by atoms with Gasteiger partial charge in [0.2, 0.25) is 5.91 Å². The molecular formula is C15H17N3O3S. The maximum absolute atomic E-state index is 12.5. The lowest BCUT2D eigenvalue weighted by molar-refractivity contribution is -0.115. The van der Waals surface area contributed by atoms with Gasteiger partial charge in [-0.1, -0.05) is 24.2 Å². The van der Waals surface area contributed by atoms with Crippen LogP contribution in [0.4, 0.5) is 5.69 Å². The molecule has 6 nitrogen and oxygen atoms in total. The number of rotatable bonds is 6. The molecule has 1 heterocycles. The van der Waals surface area contributed by atoms with Crippen molar-refractivity contribution in [2.24, 2.45) is 5.73 Å². The van der Waals surface area contributed by atoms with Crippen LogP contribution in [0.3, 0.4) is 0 Å². The van der Waals surface area contributed by atoms with E-state index in [-0.39, 0.29) is 11.7 Å². The van der Waals surface area contributed by atoms with Crippen LogP contribution in [0.2, 0.25) is 0 Å². The summed E-state index contributed by atoms with van der Waals surface area (Å²) in [6.07, 6.45) is 0.609. The van der Waals surface area contributed by atoms with Crippen LogP contribution >= 0.6 is 11.8 Å². The minimum atomic E-state index is -0.408. The van der Waals surface area contributed by atoms with Gasteiger partial charge >= 0.3 is 0 Å². The van der Waals surface area contributed by atoms with E-state index in [0.29, 0.717) is 29.1 Å². The van der Waals surface area contributed by atoms with Crippen LogP contribution < -0.4 is 11.1 Å². The summed E-state index contributed by atoms with van der Waals surface area (Å²) in [5.41, 5.74) is 6.86. The van der Waals surface area contributed by atoms with Crippen molar-refractivity contribution in [3.63, 3.8) is 0 Å². The van der Waals surface area contributed by atoms with Gasteiger partial charge in [-0.15, -0.1) is 11.8 Å². The summed E-state index contributed by atoms with van der Waals surface area (Å²) in [6.45, 7) is 3.61. The van der Waals surface area contributed by atoms with E-state index in [9.17, 15) is 9.59 Å². The molecule has 0 bridgehead atoms. The van der Waals surface area contributed by atoms with Crippen LogP contribution in [0.5, 0.6) is 0 Å². The molecule has 0 atom stereocenters. The maximum atomic E-state index is 12.5. The van der Waals surface area contributed by atoms with E-state index in [0.717, 1.165) is 4.90 Å². The van der Waals surface area contributed by atoms with Crippen LogP contribution in [-0.4, -0.2) is 22.7 Å². The molecule has 0 saturated carbocycles. The average Bonchev–Trinajstić information content (AvgIpc) is 2.87. The van der Waals surface area contributed by atoms with Gasteiger partial charge in [-0.2, -0.15) is 0 Å². The molecule has 2 amide bonds. The number of hydrogen-bond acceptors (Lipinski definition) is 5. The monoisotopic (exact) mass is 319 g/mol. The van der Waals surface area contributed by atoms with Gasteiger partial charge < -0.3 is 15.6 Å². The lowest BCUT2D eigenvalue weighted by Gasteiger charge is -2.10. The topological polar surface area (TPSA) is 98.2 Å². The van der Waals surface area contributed by atoms with Gasteiger partial charge in [-0.3, -0.25) is 9.59 Å². The second-order valence-corrected chi connectivity index (χ2v) is 5.64. The number of amides is 2. The van der Waals surface area contributed by atoms with Gasteiger partial charge in [0, 0.05) is 4.90 Å². The van der Waals surface area contributed by atoms with Crippen molar-refractivity contribution in [1.29, 1.82) is 0 Å². The molecule has 0 aliphatic rings. The molecule has 0 radical (unpaired) electrons. The normalized spacial score (nSPS) is 10.5. The number of hydrogen-bond donors (Lipinski definition) is 2. The molecule has 0 spiro atoms. The molecule has 0 saturated heterocycles. The van der Waals surface area contributed by atoms with Crippen molar-refractivity contribution in [3.05, 3.63) is 41.3 Å². The van der Waals surface area contributed by atoms with E-state index < -0.39 is 5.91 Å². The fourth-order valence-electron chi connectivity index (χ4n) is 1.98. The van der Waals surface area contributed by atoms with Crippen molar-refractivity contribution in [2.75, 3.05) is 11.1 Å². The lowest BCUT2D eigenvalue weighted by atomic mass is 10.1. The molecule has 116 valence electrons. The van der Waals surface area contributed by atoms with E-state index in [2.05, 4.69) is 10.5 Å². The Bertz CT molecular complexity index is 697. The Hall–Kier alpha value is -2.28. The number of nitrogens with zero attached hydrogens (tertiary/aromatic N) is 1. The number of aromatic nitrogens is 1. The van der Waals surface area contributed by atoms with E-state index in [1.54, 1.807) is 13.0 Å². The molecular weight excluding hydrogens is 302 g/mol. The first kappa shape index (κ1) is 16.1. The van der Waals surface area contributed by atoms with Crippen molar-refractivity contribution >= 4 is 29.3 Å². The van der Waals surface area contributed by atoms with Gasteiger partial charge in [-0.05, 0) is 25.5 Å². The van der Waals surface area contributed by atoms with Gasteiger partial charge in [0.1, 0.15) is 11.3 Å². The summed E-state index contributed by atoms with van der Waals surface area (Å²) in [5.74, 6) is -0.0482. The Morgan fingerprint density at radius 2 is 2.09 bits per heavy atom. The van der Waals surface area contributed by atoms with Crippen molar-refractivity contribution < 1.29 is 14.1 Å². The van der Waals surface area contributed by atoms with Crippen molar-refractivity contribution in [2.45, 2.75) is 25.2 Å². The molecule has 22 heavy (non-hydrogen) atoms. The number of nitrogens with one attached hydrogen (secondary N) is 1. The van der Waals surface area contributed by atoms with Crippen LogP contribution in [0.1, 0.15) is 28.7 Å². The van der Waals surface area contributed by atoms with Crippen LogP contribution in [0.15, 0.2) is 33.7 Å². The van der Waals surface area contributed by atoms with E-state index in [4.69, 9.17) is 10.3 Å². The smallest absolute Gasteiger partial charge is 0.261 e. The Morgan fingerprint density at radius 3 is 2.77 bits per heavy atom. The highest BCUT2D eigenvalue weighted by Gasteiger charge is 2.20. The molecule has 0 aliphatic heterocycles. The summed E-state index contributed by atoms with van der Waals surface area (Å²) < 4.78 is 5.08. The predicted octanol–water partition coefficient (Wildman–Crippen LogP) is 2.38. The Balaban J connectivity index is 2.21. The number of anilines is 1. The third-order valence-electron chi connectivity index (χ3n) is 3.00. The Kier molecular flexibility index (Phi) is 5.21. The SMILES string of the molecule is CCc1noc(C)c1C(=O)Nc1ccccc1SCC(N)=O. The maximum Gasteiger partial charge on any atom is 0.261 e. The molecule has 3 N–H and O–H groups in total. The summed E-state index contributed by atoms with van der Waals surface area (Å²) in [5, 5.41) is 6.72. The second kappa shape index (κ2) is 7.13. The number of nitrogens with two attached hydrogens (primary N) is 1. The highest BCUT2D eigenvalue weighted by Crippen LogP contribution is 2.27. The van der Waals surface area contributed by atoms with Crippen molar-refractivity contribution in [3.8, 4) is 0 Å². The highest BCUT2D eigenvalue weighted by atomic mass is 32.2.